The lowest BCUT2D eigenvalue weighted by Gasteiger charge is -2.40. The van der Waals surface area contributed by atoms with Crippen molar-refractivity contribution in [2.75, 3.05) is 29.4 Å². The number of nitrogens with one attached hydrogen (secondary N) is 2. The Morgan fingerprint density at radius 3 is 2.58 bits per heavy atom. The third-order valence-corrected chi connectivity index (χ3v) is 7.17. The molecule has 1 aromatic carbocycles. The van der Waals surface area contributed by atoms with Gasteiger partial charge in [-0.15, -0.1) is 0 Å². The Morgan fingerprint density at radius 1 is 1.31 bits per heavy atom. The highest BCUT2D eigenvalue weighted by Gasteiger charge is 2.39. The van der Waals surface area contributed by atoms with Crippen LogP contribution in [0.3, 0.4) is 0 Å². The average molecular weight is 518 g/mol. The molecule has 4 N–H and O–H groups in total. The molecule has 2 fully saturated rings. The molecule has 4 rings (SSSR count). The highest BCUT2D eigenvalue weighted by atomic mass is 32.2. The number of nitrogens with zero attached hydrogens (tertiary/aromatic N) is 4. The zero-order chi connectivity index (χ0) is 26.1. The Labute approximate surface area is 208 Å². The highest BCUT2D eigenvalue weighted by Crippen LogP contribution is 2.36. The first kappa shape index (κ1) is 25.6. The molecule has 2 aliphatic rings. The zero-order valence-electron chi connectivity index (χ0n) is 19.8. The number of nitrogens with two attached hydrogens (primary N) is 1. The maximum Gasteiger partial charge on any atom is 0.254 e. The molecule has 0 atom stereocenters. The van der Waals surface area contributed by atoms with Gasteiger partial charge in [0.15, 0.2) is 5.82 Å². The number of piperidine rings is 1. The van der Waals surface area contributed by atoms with Crippen molar-refractivity contribution in [2.24, 2.45) is 11.7 Å². The maximum absolute atomic E-state index is 14.0. The second-order valence-electron chi connectivity index (χ2n) is 9.49. The van der Waals surface area contributed by atoms with E-state index in [-0.39, 0.29) is 35.3 Å². The van der Waals surface area contributed by atoms with Gasteiger partial charge in [0.05, 0.1) is 30.0 Å². The van der Waals surface area contributed by atoms with Crippen LogP contribution < -0.4 is 15.8 Å². The number of aromatic nitrogens is 2. The van der Waals surface area contributed by atoms with Crippen LogP contribution in [0.2, 0.25) is 0 Å². The normalized spacial score (nSPS) is 17.8. The standard InChI is InChI=1S/C23H28FN7O4S/c1-36(34,35)29-19-12-15(2-5-18(19)24)13-30-10-7-23(6-9-25,8-11-30)31-14-17(20(26)32)21(28-31)27-22(33)16-3-4-16/h2,5,12,14,16,29H,3-4,6-8,10-11,13H2,1H3,(H2,26,32)(H,27,28,33). The van der Waals surface area contributed by atoms with Crippen LogP contribution in [0, 0.1) is 23.1 Å². The number of primary amides is 1. The first-order valence-electron chi connectivity index (χ1n) is 11.6. The van der Waals surface area contributed by atoms with Crippen molar-refractivity contribution in [3.8, 4) is 6.07 Å². The molecule has 11 nitrogen and oxygen atoms in total. The number of likely N-dealkylation sites (tertiary alicyclic amines) is 1. The summed E-state index contributed by atoms with van der Waals surface area (Å²) in [5, 5.41) is 16.7. The van der Waals surface area contributed by atoms with Gasteiger partial charge in [0.1, 0.15) is 11.4 Å². The van der Waals surface area contributed by atoms with E-state index < -0.39 is 27.3 Å². The van der Waals surface area contributed by atoms with Crippen molar-refractivity contribution < 1.29 is 22.4 Å². The van der Waals surface area contributed by atoms with Gasteiger partial charge in [0, 0.05) is 31.7 Å². The second kappa shape index (κ2) is 9.87. The smallest absolute Gasteiger partial charge is 0.254 e. The third-order valence-electron chi connectivity index (χ3n) is 6.58. The summed E-state index contributed by atoms with van der Waals surface area (Å²) in [7, 11) is -3.62. The van der Waals surface area contributed by atoms with Crippen LogP contribution in [0.25, 0.3) is 0 Å². The minimum absolute atomic E-state index is 0.0770. The minimum Gasteiger partial charge on any atom is -0.365 e. The Bertz CT molecular complexity index is 1320. The number of hydrogen-bond donors (Lipinski definition) is 3. The predicted octanol–water partition coefficient (Wildman–Crippen LogP) is 1.75. The van der Waals surface area contributed by atoms with Crippen LogP contribution in [0.5, 0.6) is 0 Å². The Morgan fingerprint density at radius 2 is 2.00 bits per heavy atom. The van der Waals surface area contributed by atoms with Gasteiger partial charge in [0.2, 0.25) is 15.9 Å². The van der Waals surface area contributed by atoms with E-state index in [4.69, 9.17) is 5.73 Å². The van der Waals surface area contributed by atoms with Crippen LogP contribution in [-0.4, -0.2) is 54.3 Å². The predicted molar refractivity (Wildman–Crippen MR) is 130 cm³/mol. The number of hydrogen-bond acceptors (Lipinski definition) is 7. The molecule has 2 aromatic rings. The summed E-state index contributed by atoms with van der Waals surface area (Å²) in [5.74, 6) is -1.55. The zero-order valence-corrected chi connectivity index (χ0v) is 20.6. The number of rotatable bonds is 9. The van der Waals surface area contributed by atoms with Gasteiger partial charge in [-0.25, -0.2) is 12.8 Å². The van der Waals surface area contributed by atoms with Crippen LogP contribution in [-0.2, 0) is 26.9 Å². The number of amides is 2. The Kier molecular flexibility index (Phi) is 7.01. The molecule has 1 saturated carbocycles. The van der Waals surface area contributed by atoms with Crippen molar-refractivity contribution in [3.05, 3.63) is 41.3 Å². The summed E-state index contributed by atoms with van der Waals surface area (Å²) in [5.41, 5.74) is 5.56. The van der Waals surface area contributed by atoms with Crippen molar-refractivity contribution in [3.63, 3.8) is 0 Å². The number of sulfonamides is 1. The molecular weight excluding hydrogens is 489 g/mol. The molecule has 192 valence electrons. The number of anilines is 2. The number of nitriles is 1. The van der Waals surface area contributed by atoms with E-state index >= 15 is 0 Å². The minimum atomic E-state index is -3.62. The van der Waals surface area contributed by atoms with Gasteiger partial charge in [-0.1, -0.05) is 6.07 Å². The molecule has 2 amide bonds. The lowest BCUT2D eigenvalue weighted by molar-refractivity contribution is -0.117. The van der Waals surface area contributed by atoms with Crippen molar-refractivity contribution in [2.45, 2.75) is 44.2 Å². The van der Waals surface area contributed by atoms with Gasteiger partial charge in [-0.2, -0.15) is 10.4 Å². The third kappa shape index (κ3) is 5.83. The lowest BCUT2D eigenvalue weighted by atomic mass is 9.84. The SMILES string of the molecule is CS(=O)(=O)Nc1cc(CN2CCC(CC#N)(n3cc(C(N)=O)c(NC(=O)C4CC4)n3)CC2)ccc1F. The molecule has 1 aliphatic heterocycles. The molecule has 0 radical (unpaired) electrons. The first-order valence-corrected chi connectivity index (χ1v) is 13.5. The van der Waals surface area contributed by atoms with E-state index in [9.17, 15) is 27.7 Å². The molecule has 0 spiro atoms. The summed E-state index contributed by atoms with van der Waals surface area (Å²) >= 11 is 0. The van der Waals surface area contributed by atoms with Gasteiger partial charge in [-0.3, -0.25) is 23.9 Å². The molecule has 36 heavy (non-hydrogen) atoms. The summed E-state index contributed by atoms with van der Waals surface area (Å²) in [6, 6.07) is 6.50. The molecule has 2 heterocycles. The van der Waals surface area contributed by atoms with E-state index in [1.54, 1.807) is 10.7 Å². The summed E-state index contributed by atoms with van der Waals surface area (Å²) in [6.45, 7) is 1.60. The number of benzene rings is 1. The molecule has 1 aliphatic carbocycles. The fourth-order valence-electron chi connectivity index (χ4n) is 4.42. The van der Waals surface area contributed by atoms with Gasteiger partial charge < -0.3 is 11.1 Å². The van der Waals surface area contributed by atoms with Crippen LogP contribution >= 0.6 is 0 Å². The fourth-order valence-corrected chi connectivity index (χ4v) is 4.98. The van der Waals surface area contributed by atoms with Crippen LogP contribution in [0.15, 0.2) is 24.4 Å². The van der Waals surface area contributed by atoms with E-state index in [2.05, 4.69) is 26.1 Å². The van der Waals surface area contributed by atoms with Gasteiger partial charge >= 0.3 is 0 Å². The average Bonchev–Trinajstić information content (AvgIpc) is 3.57. The first-order chi connectivity index (χ1) is 17.0. The largest absolute Gasteiger partial charge is 0.365 e. The van der Waals surface area contributed by atoms with E-state index in [0.717, 1.165) is 24.7 Å². The molecule has 13 heteroatoms. The number of carbonyl (C=O) groups excluding carboxylic acids is 2. The molecule has 1 aromatic heterocycles. The molecule has 0 bridgehead atoms. The Hall–Kier alpha value is -3.50. The van der Waals surface area contributed by atoms with E-state index in [1.807, 2.05) is 0 Å². The van der Waals surface area contributed by atoms with Crippen LogP contribution in [0.4, 0.5) is 15.9 Å². The Balaban J connectivity index is 1.50. The number of carbonyl (C=O) groups is 2. The number of halogens is 1. The van der Waals surface area contributed by atoms with Gasteiger partial charge in [-0.05, 0) is 43.4 Å². The summed E-state index contributed by atoms with van der Waals surface area (Å²) in [6.07, 6.45) is 5.27. The lowest BCUT2D eigenvalue weighted by Crippen LogP contribution is -2.46. The summed E-state index contributed by atoms with van der Waals surface area (Å²) in [4.78, 5) is 26.4. The van der Waals surface area contributed by atoms with E-state index in [1.165, 1.54) is 18.3 Å². The van der Waals surface area contributed by atoms with Crippen molar-refractivity contribution >= 4 is 33.3 Å². The van der Waals surface area contributed by atoms with Gasteiger partial charge in [0.25, 0.3) is 5.91 Å². The molecule has 0 unspecified atom stereocenters. The maximum atomic E-state index is 14.0. The van der Waals surface area contributed by atoms with Crippen LogP contribution in [0.1, 0.15) is 48.0 Å². The molecular formula is C23H28FN7O4S. The topological polar surface area (TPSA) is 163 Å². The van der Waals surface area contributed by atoms with Crippen molar-refractivity contribution in [1.29, 1.82) is 5.26 Å². The van der Waals surface area contributed by atoms with E-state index in [0.29, 0.717) is 32.5 Å². The van der Waals surface area contributed by atoms with Crippen molar-refractivity contribution in [1.82, 2.24) is 14.7 Å². The highest BCUT2D eigenvalue weighted by molar-refractivity contribution is 7.92. The second-order valence-corrected chi connectivity index (χ2v) is 11.2. The quantitative estimate of drug-likeness (QED) is 0.456. The summed E-state index contributed by atoms with van der Waals surface area (Å²) < 4.78 is 40.8. The molecule has 1 saturated heterocycles. The fraction of sp³-hybridized carbons (Fsp3) is 0.478. The monoisotopic (exact) mass is 517 g/mol.